The molecule has 1 atom stereocenters. The van der Waals surface area contributed by atoms with Crippen LogP contribution in [0.4, 0.5) is 17.6 Å². The van der Waals surface area contributed by atoms with Crippen LogP contribution in [-0.4, -0.2) is 52.4 Å². The Kier molecular flexibility index (Phi) is 6.51. The van der Waals surface area contributed by atoms with Crippen molar-refractivity contribution in [2.75, 3.05) is 13.6 Å². The molecule has 1 aliphatic heterocycles. The molecule has 1 aliphatic rings. The van der Waals surface area contributed by atoms with Crippen molar-refractivity contribution in [1.29, 1.82) is 0 Å². The Bertz CT molecular complexity index is 1250. The Morgan fingerprint density at radius 1 is 1.14 bits per heavy atom. The number of hydrogen-bond acceptors (Lipinski definition) is 4. The minimum atomic E-state index is -4.63. The molecule has 35 heavy (non-hydrogen) atoms. The van der Waals surface area contributed by atoms with Crippen molar-refractivity contribution in [1.82, 2.24) is 20.0 Å². The molecule has 2 aromatic carbocycles. The van der Waals surface area contributed by atoms with Crippen LogP contribution >= 0.6 is 0 Å². The fourth-order valence-electron chi connectivity index (χ4n) is 3.73. The topological polar surface area (TPSA) is 76.5 Å². The number of halogens is 4. The maximum atomic E-state index is 13.4. The van der Waals surface area contributed by atoms with Crippen LogP contribution < -0.4 is 10.1 Å². The highest BCUT2D eigenvalue weighted by atomic mass is 19.4. The lowest BCUT2D eigenvalue weighted by Crippen LogP contribution is -2.37. The third-order valence-electron chi connectivity index (χ3n) is 5.70. The van der Waals surface area contributed by atoms with Gasteiger partial charge < -0.3 is 15.0 Å². The Balaban J connectivity index is 1.62. The van der Waals surface area contributed by atoms with Gasteiger partial charge in [-0.2, -0.15) is 18.3 Å². The van der Waals surface area contributed by atoms with Crippen LogP contribution in [-0.2, 0) is 13.0 Å². The first-order chi connectivity index (χ1) is 16.6. The minimum absolute atomic E-state index is 0.115. The highest BCUT2D eigenvalue weighted by Gasteiger charge is 2.39. The van der Waals surface area contributed by atoms with Gasteiger partial charge in [0.05, 0.1) is 16.9 Å². The molecule has 1 unspecified atom stereocenters. The first-order valence-corrected chi connectivity index (χ1v) is 10.8. The molecule has 0 radical (unpaired) electrons. The van der Waals surface area contributed by atoms with Gasteiger partial charge in [0.15, 0.2) is 6.10 Å². The second-order valence-corrected chi connectivity index (χ2v) is 8.09. The zero-order valence-electron chi connectivity index (χ0n) is 18.9. The smallest absolute Gasteiger partial charge is 0.425 e. The summed E-state index contributed by atoms with van der Waals surface area (Å²) in [5.74, 6) is -1.70. The lowest BCUT2D eigenvalue weighted by atomic mass is 10.0. The van der Waals surface area contributed by atoms with Gasteiger partial charge in [0, 0.05) is 43.9 Å². The third kappa shape index (κ3) is 5.13. The van der Waals surface area contributed by atoms with E-state index >= 15 is 0 Å². The number of amides is 2. The number of hydrogen-bond donors (Lipinski definition) is 1. The van der Waals surface area contributed by atoms with E-state index in [2.05, 4.69) is 10.4 Å². The highest BCUT2D eigenvalue weighted by molar-refractivity contribution is 6.01. The van der Waals surface area contributed by atoms with Crippen molar-refractivity contribution < 1.29 is 31.9 Å². The molecule has 1 aromatic heterocycles. The Morgan fingerprint density at radius 3 is 2.51 bits per heavy atom. The van der Waals surface area contributed by atoms with Crippen molar-refractivity contribution in [2.45, 2.75) is 32.2 Å². The molecule has 0 aliphatic carbocycles. The molecule has 0 saturated heterocycles. The number of alkyl halides is 3. The maximum absolute atomic E-state index is 13.4. The van der Waals surface area contributed by atoms with E-state index in [9.17, 15) is 27.2 Å². The van der Waals surface area contributed by atoms with E-state index in [-0.39, 0.29) is 35.8 Å². The second-order valence-electron chi connectivity index (χ2n) is 8.09. The molecule has 1 N–H and O–H groups in total. The quantitative estimate of drug-likeness (QED) is 0.551. The number of nitrogens with one attached hydrogen (secondary N) is 1. The van der Waals surface area contributed by atoms with Crippen molar-refractivity contribution in [3.05, 3.63) is 76.9 Å². The number of rotatable bonds is 5. The molecule has 7 nitrogen and oxygen atoms in total. The summed E-state index contributed by atoms with van der Waals surface area (Å²) in [6.07, 6.45) is -4.64. The fraction of sp³-hybridized carbons (Fsp3) is 0.292. The molecule has 0 fully saturated rings. The van der Waals surface area contributed by atoms with E-state index in [4.69, 9.17) is 4.74 Å². The van der Waals surface area contributed by atoms with Gasteiger partial charge in [-0.25, -0.2) is 9.07 Å². The van der Waals surface area contributed by atoms with Crippen LogP contribution in [0, 0.1) is 5.82 Å². The van der Waals surface area contributed by atoms with Crippen LogP contribution in [0.2, 0.25) is 0 Å². The molecule has 2 amide bonds. The van der Waals surface area contributed by atoms with E-state index in [1.165, 1.54) is 42.3 Å². The summed E-state index contributed by atoms with van der Waals surface area (Å²) in [6, 6.07) is 9.51. The number of fused-ring (bicyclic) bond motifs is 1. The van der Waals surface area contributed by atoms with E-state index in [0.717, 1.165) is 18.2 Å². The molecule has 4 rings (SSSR count). The molecule has 0 bridgehead atoms. The average Bonchev–Trinajstić information content (AvgIpc) is 3.26. The third-order valence-corrected chi connectivity index (χ3v) is 5.70. The molecule has 3 aromatic rings. The Morgan fingerprint density at radius 2 is 1.86 bits per heavy atom. The van der Waals surface area contributed by atoms with Crippen LogP contribution in [0.15, 0.2) is 48.7 Å². The molecule has 0 spiro atoms. The average molecular weight is 490 g/mol. The number of aromatic nitrogens is 2. The SMILES string of the molecule is CNC(=O)c1ccc(OC(C)C(F)(F)F)c(C(=O)N2CCc3nn(-c4ccc(F)cc4)cc3C2)c1. The monoisotopic (exact) mass is 490 g/mol. The molecule has 0 saturated carbocycles. The molecular formula is C24H22F4N4O3. The summed E-state index contributed by atoms with van der Waals surface area (Å²) in [5.41, 5.74) is 2.14. The van der Waals surface area contributed by atoms with Crippen molar-refractivity contribution in [3.63, 3.8) is 0 Å². The number of carbonyl (C=O) groups is 2. The zero-order chi connectivity index (χ0) is 25.3. The van der Waals surface area contributed by atoms with Crippen LogP contribution in [0.1, 0.15) is 38.9 Å². The van der Waals surface area contributed by atoms with Gasteiger partial charge in [0.2, 0.25) is 0 Å². The maximum Gasteiger partial charge on any atom is 0.425 e. The Hall–Kier alpha value is -3.89. The Labute approximate surface area is 198 Å². The lowest BCUT2D eigenvalue weighted by molar-refractivity contribution is -0.189. The van der Waals surface area contributed by atoms with Crippen LogP contribution in [0.3, 0.4) is 0 Å². The largest absolute Gasteiger partial charge is 0.480 e. The molecule has 2 heterocycles. The summed E-state index contributed by atoms with van der Waals surface area (Å²) in [7, 11) is 1.41. The molecule has 11 heteroatoms. The van der Waals surface area contributed by atoms with Crippen molar-refractivity contribution >= 4 is 11.8 Å². The predicted molar refractivity (Wildman–Crippen MR) is 118 cm³/mol. The minimum Gasteiger partial charge on any atom is -0.480 e. The van der Waals surface area contributed by atoms with Gasteiger partial charge in [-0.1, -0.05) is 0 Å². The number of nitrogens with zero attached hydrogens (tertiary/aromatic N) is 3. The van der Waals surface area contributed by atoms with E-state index in [0.29, 0.717) is 12.1 Å². The van der Waals surface area contributed by atoms with Crippen molar-refractivity contribution in [2.24, 2.45) is 0 Å². The van der Waals surface area contributed by atoms with Gasteiger partial charge in [-0.05, 0) is 49.4 Å². The van der Waals surface area contributed by atoms with Gasteiger partial charge in [-0.3, -0.25) is 9.59 Å². The summed E-state index contributed by atoms with van der Waals surface area (Å²) in [5, 5.41) is 6.93. The van der Waals surface area contributed by atoms with Gasteiger partial charge in [0.25, 0.3) is 11.8 Å². The number of carbonyl (C=O) groups excluding carboxylic acids is 2. The summed E-state index contributed by atoms with van der Waals surface area (Å²) >= 11 is 0. The van der Waals surface area contributed by atoms with Gasteiger partial charge in [-0.15, -0.1) is 0 Å². The summed E-state index contributed by atoms with van der Waals surface area (Å²) in [4.78, 5) is 27.0. The van der Waals surface area contributed by atoms with Gasteiger partial charge >= 0.3 is 6.18 Å². The normalized spacial score (nSPS) is 14.3. The predicted octanol–water partition coefficient (Wildman–Crippen LogP) is 3.90. The molecular weight excluding hydrogens is 468 g/mol. The van der Waals surface area contributed by atoms with E-state index in [1.807, 2.05) is 0 Å². The first-order valence-electron chi connectivity index (χ1n) is 10.8. The fourth-order valence-corrected chi connectivity index (χ4v) is 3.73. The van der Waals surface area contributed by atoms with Crippen LogP contribution in [0.25, 0.3) is 5.69 Å². The number of benzene rings is 2. The van der Waals surface area contributed by atoms with Crippen LogP contribution in [0.5, 0.6) is 5.75 Å². The van der Waals surface area contributed by atoms with Crippen molar-refractivity contribution in [3.8, 4) is 11.4 Å². The van der Waals surface area contributed by atoms with E-state index < -0.39 is 24.1 Å². The highest BCUT2D eigenvalue weighted by Crippen LogP contribution is 2.30. The second kappa shape index (κ2) is 9.40. The van der Waals surface area contributed by atoms with E-state index in [1.54, 1.807) is 23.0 Å². The summed E-state index contributed by atoms with van der Waals surface area (Å²) in [6.45, 7) is 1.27. The first kappa shape index (κ1) is 24.2. The number of ether oxygens (including phenoxy) is 1. The van der Waals surface area contributed by atoms with Gasteiger partial charge in [0.1, 0.15) is 11.6 Å². The standard InChI is InChI=1S/C24H22F4N4O3/c1-14(24(26,27)28)35-21-8-3-15(22(33)29-2)11-19(21)23(34)31-10-9-20-16(12-31)13-32(30-20)18-6-4-17(25)5-7-18/h3-8,11,13-14H,9-10,12H2,1-2H3,(H,29,33). The molecule has 184 valence electrons. The summed E-state index contributed by atoms with van der Waals surface area (Å²) < 4.78 is 59.2. The zero-order valence-corrected chi connectivity index (χ0v) is 18.9. The lowest BCUT2D eigenvalue weighted by Gasteiger charge is -2.28.